The molecule has 0 aromatic carbocycles. The number of carbonyl (C=O) groups is 3. The Hall–Kier alpha value is -1.69. The first-order valence-electron chi connectivity index (χ1n) is 5.62. The molecule has 0 saturated heterocycles. The Morgan fingerprint density at radius 3 is 2.56 bits per heavy atom. The van der Waals surface area contributed by atoms with Crippen LogP contribution in [-0.4, -0.2) is 28.8 Å². The lowest BCUT2D eigenvalue weighted by Gasteiger charge is -2.12. The number of amides is 1. The van der Waals surface area contributed by atoms with Crippen molar-refractivity contribution < 1.29 is 19.5 Å². The first-order valence-corrected chi connectivity index (χ1v) is 6.50. The fourth-order valence-corrected chi connectivity index (χ4v) is 2.51. The lowest BCUT2D eigenvalue weighted by atomic mass is 10.2. The zero-order chi connectivity index (χ0) is 13.3. The zero-order valence-corrected chi connectivity index (χ0v) is 10.6. The molecule has 2 rings (SSSR count). The minimum atomic E-state index is -1.01. The molecule has 5 nitrogen and oxygen atoms in total. The molecule has 0 radical (unpaired) electrons. The largest absolute Gasteiger partial charge is 0.480 e. The summed E-state index contributed by atoms with van der Waals surface area (Å²) in [5.74, 6) is -1.50. The number of carbonyl (C=O) groups excluding carboxylic acids is 2. The molecule has 1 unspecified atom stereocenters. The molecule has 1 fully saturated rings. The van der Waals surface area contributed by atoms with E-state index >= 15 is 0 Å². The Balaban J connectivity index is 2.05. The Morgan fingerprint density at radius 2 is 2.11 bits per heavy atom. The van der Waals surface area contributed by atoms with E-state index in [1.165, 1.54) is 13.0 Å². The number of ketones is 1. The molecule has 1 saturated carbocycles. The van der Waals surface area contributed by atoms with E-state index in [0.717, 1.165) is 24.2 Å². The SMILES string of the molecule is CC(=O)c1csc(C(=O)NC(C(=O)O)C2CC2)c1. The number of aliphatic carboxylic acids is 1. The van der Waals surface area contributed by atoms with Crippen molar-refractivity contribution in [2.45, 2.75) is 25.8 Å². The van der Waals surface area contributed by atoms with Gasteiger partial charge in [0.15, 0.2) is 5.78 Å². The van der Waals surface area contributed by atoms with E-state index in [4.69, 9.17) is 5.11 Å². The summed E-state index contributed by atoms with van der Waals surface area (Å²) < 4.78 is 0. The molecule has 1 aromatic heterocycles. The molecule has 1 aliphatic carbocycles. The van der Waals surface area contributed by atoms with Crippen molar-refractivity contribution in [3.05, 3.63) is 21.9 Å². The highest BCUT2D eigenvalue weighted by Gasteiger charge is 2.37. The number of Topliss-reactive ketones (excluding diaryl/α,β-unsaturated/α-hetero) is 1. The number of rotatable bonds is 5. The Morgan fingerprint density at radius 1 is 1.44 bits per heavy atom. The average molecular weight is 267 g/mol. The molecule has 1 aliphatic rings. The highest BCUT2D eigenvalue weighted by atomic mass is 32.1. The first-order chi connectivity index (χ1) is 8.49. The number of hydrogen-bond acceptors (Lipinski definition) is 4. The second-order valence-electron chi connectivity index (χ2n) is 4.38. The van der Waals surface area contributed by atoms with Gasteiger partial charge in [0.05, 0.1) is 4.88 Å². The summed E-state index contributed by atoms with van der Waals surface area (Å²) in [7, 11) is 0. The third-order valence-electron chi connectivity index (χ3n) is 2.88. The van der Waals surface area contributed by atoms with Crippen LogP contribution in [0.4, 0.5) is 0 Å². The van der Waals surface area contributed by atoms with Gasteiger partial charge in [-0.25, -0.2) is 4.79 Å². The van der Waals surface area contributed by atoms with E-state index in [1.54, 1.807) is 5.38 Å². The maximum Gasteiger partial charge on any atom is 0.326 e. The van der Waals surface area contributed by atoms with Crippen molar-refractivity contribution in [1.82, 2.24) is 5.32 Å². The normalized spacial score (nSPS) is 16.1. The van der Waals surface area contributed by atoms with Crippen molar-refractivity contribution in [1.29, 1.82) is 0 Å². The molecule has 1 atom stereocenters. The smallest absolute Gasteiger partial charge is 0.326 e. The molecule has 0 bridgehead atoms. The van der Waals surface area contributed by atoms with Gasteiger partial charge in [0, 0.05) is 10.9 Å². The van der Waals surface area contributed by atoms with E-state index in [2.05, 4.69) is 5.32 Å². The summed E-state index contributed by atoms with van der Waals surface area (Å²) in [6.45, 7) is 1.42. The highest BCUT2D eigenvalue weighted by molar-refractivity contribution is 7.12. The standard InChI is InChI=1S/C12H13NO4S/c1-6(14)8-4-9(18-5-8)11(15)13-10(12(16)17)7-2-3-7/h4-5,7,10H,2-3H2,1H3,(H,13,15)(H,16,17). The maximum atomic E-state index is 11.9. The lowest BCUT2D eigenvalue weighted by molar-refractivity contribution is -0.139. The van der Waals surface area contributed by atoms with Gasteiger partial charge >= 0.3 is 5.97 Å². The summed E-state index contributed by atoms with van der Waals surface area (Å²) in [4.78, 5) is 34.3. The van der Waals surface area contributed by atoms with E-state index in [0.29, 0.717) is 10.4 Å². The quantitative estimate of drug-likeness (QED) is 0.793. The van der Waals surface area contributed by atoms with Gasteiger partial charge in [0.25, 0.3) is 5.91 Å². The van der Waals surface area contributed by atoms with Crippen LogP contribution in [0.25, 0.3) is 0 Å². The minimum Gasteiger partial charge on any atom is -0.480 e. The summed E-state index contributed by atoms with van der Waals surface area (Å²) in [5.41, 5.74) is 0.475. The Kier molecular flexibility index (Phi) is 3.47. The molecule has 18 heavy (non-hydrogen) atoms. The molecule has 1 amide bonds. The lowest BCUT2D eigenvalue weighted by Crippen LogP contribution is -2.42. The summed E-state index contributed by atoms with van der Waals surface area (Å²) in [5, 5.41) is 13.1. The van der Waals surface area contributed by atoms with E-state index in [9.17, 15) is 14.4 Å². The van der Waals surface area contributed by atoms with Crippen molar-refractivity contribution in [3.63, 3.8) is 0 Å². The highest BCUT2D eigenvalue weighted by Crippen LogP contribution is 2.33. The zero-order valence-electron chi connectivity index (χ0n) is 9.80. The van der Waals surface area contributed by atoms with Gasteiger partial charge in [-0.1, -0.05) is 0 Å². The van der Waals surface area contributed by atoms with Gasteiger partial charge < -0.3 is 10.4 Å². The number of nitrogens with one attached hydrogen (secondary N) is 1. The van der Waals surface area contributed by atoms with Gasteiger partial charge in [-0.2, -0.15) is 0 Å². The molecule has 0 aliphatic heterocycles. The Labute approximate surface area is 108 Å². The van der Waals surface area contributed by atoms with Crippen LogP contribution in [0.3, 0.4) is 0 Å². The van der Waals surface area contributed by atoms with Crippen LogP contribution >= 0.6 is 11.3 Å². The average Bonchev–Trinajstić information content (AvgIpc) is 3.00. The fraction of sp³-hybridized carbons (Fsp3) is 0.417. The number of carboxylic acid groups (broad SMARTS) is 1. The molecule has 1 aromatic rings. The molecule has 2 N–H and O–H groups in total. The third kappa shape index (κ3) is 2.76. The minimum absolute atomic E-state index is 0.0405. The van der Waals surface area contributed by atoms with Crippen LogP contribution in [0.2, 0.25) is 0 Å². The molecule has 1 heterocycles. The van der Waals surface area contributed by atoms with Crippen molar-refractivity contribution in [2.75, 3.05) is 0 Å². The van der Waals surface area contributed by atoms with Crippen LogP contribution in [0.15, 0.2) is 11.4 Å². The second kappa shape index (κ2) is 4.89. The van der Waals surface area contributed by atoms with Gasteiger partial charge in [-0.15, -0.1) is 11.3 Å². The summed E-state index contributed by atoms with van der Waals surface area (Å²) in [6, 6.07) is 0.675. The molecule has 6 heteroatoms. The molecule has 0 spiro atoms. The van der Waals surface area contributed by atoms with Crippen molar-refractivity contribution in [2.24, 2.45) is 5.92 Å². The number of carboxylic acids is 1. The van der Waals surface area contributed by atoms with E-state index in [1.807, 2.05) is 0 Å². The molecule has 96 valence electrons. The summed E-state index contributed by atoms with van der Waals surface area (Å²) >= 11 is 1.15. The Bertz CT molecular complexity index is 504. The van der Waals surface area contributed by atoms with Crippen molar-refractivity contribution >= 4 is 29.0 Å². The van der Waals surface area contributed by atoms with E-state index < -0.39 is 17.9 Å². The van der Waals surface area contributed by atoms with Gasteiger partial charge in [-0.3, -0.25) is 9.59 Å². The van der Waals surface area contributed by atoms with Crippen LogP contribution in [0.1, 0.15) is 39.8 Å². The second-order valence-corrected chi connectivity index (χ2v) is 5.29. The van der Waals surface area contributed by atoms with Gasteiger partial charge in [0.2, 0.25) is 0 Å². The van der Waals surface area contributed by atoms with Crippen LogP contribution in [-0.2, 0) is 4.79 Å². The molecular formula is C12H13NO4S. The number of hydrogen-bond donors (Lipinski definition) is 2. The molecular weight excluding hydrogens is 254 g/mol. The topological polar surface area (TPSA) is 83.5 Å². The van der Waals surface area contributed by atoms with E-state index in [-0.39, 0.29) is 11.7 Å². The van der Waals surface area contributed by atoms with Crippen LogP contribution in [0, 0.1) is 5.92 Å². The van der Waals surface area contributed by atoms with Crippen molar-refractivity contribution in [3.8, 4) is 0 Å². The monoisotopic (exact) mass is 267 g/mol. The third-order valence-corrected chi connectivity index (χ3v) is 3.80. The van der Waals surface area contributed by atoms with Crippen LogP contribution in [0.5, 0.6) is 0 Å². The predicted molar refractivity (Wildman–Crippen MR) is 65.9 cm³/mol. The summed E-state index contributed by atoms with van der Waals surface area (Å²) in [6.07, 6.45) is 1.67. The van der Waals surface area contributed by atoms with Crippen LogP contribution < -0.4 is 5.32 Å². The number of thiophene rings is 1. The van der Waals surface area contributed by atoms with Gasteiger partial charge in [0.1, 0.15) is 6.04 Å². The fourth-order valence-electron chi connectivity index (χ4n) is 1.66. The van der Waals surface area contributed by atoms with Gasteiger partial charge in [-0.05, 0) is 31.7 Å². The predicted octanol–water partition coefficient (Wildman–Crippen LogP) is 1.54. The maximum absolute atomic E-state index is 11.9. The first kappa shape index (κ1) is 12.8.